The van der Waals surface area contributed by atoms with Gasteiger partial charge in [0, 0.05) is 38.3 Å². The van der Waals surface area contributed by atoms with Crippen LogP contribution in [0, 0.1) is 10.8 Å². The van der Waals surface area contributed by atoms with Crippen LogP contribution in [0.2, 0.25) is 0 Å². The van der Waals surface area contributed by atoms with Gasteiger partial charge in [0.2, 0.25) is 0 Å². The molecule has 0 aromatic carbocycles. The van der Waals surface area contributed by atoms with Crippen LogP contribution in [0.4, 0.5) is 0 Å². The lowest BCUT2D eigenvalue weighted by Gasteiger charge is -2.34. The molecule has 22 heavy (non-hydrogen) atoms. The molecule has 0 aromatic heterocycles. The number of nitrogens with one attached hydrogen (secondary N) is 1. The Labute approximate surface area is 135 Å². The van der Waals surface area contributed by atoms with Gasteiger partial charge in [0.15, 0.2) is 5.96 Å². The molecule has 0 spiro atoms. The highest BCUT2D eigenvalue weighted by molar-refractivity contribution is 5.80. The Kier molecular flexibility index (Phi) is 6.09. The summed E-state index contributed by atoms with van der Waals surface area (Å²) >= 11 is 0. The molecule has 2 heterocycles. The van der Waals surface area contributed by atoms with Crippen molar-refractivity contribution < 1.29 is 9.84 Å². The number of rotatable bonds is 5. The molecule has 1 unspecified atom stereocenters. The maximum absolute atomic E-state index is 9.81. The van der Waals surface area contributed by atoms with Crippen molar-refractivity contribution in [3.8, 4) is 0 Å². The van der Waals surface area contributed by atoms with E-state index in [0.29, 0.717) is 12.0 Å². The molecule has 0 saturated carbocycles. The average molecular weight is 311 g/mol. The van der Waals surface area contributed by atoms with E-state index in [9.17, 15) is 5.11 Å². The third-order valence-corrected chi connectivity index (χ3v) is 5.50. The number of nitrogens with zero attached hydrogens (tertiary/aromatic N) is 2. The summed E-state index contributed by atoms with van der Waals surface area (Å²) in [5, 5.41) is 13.2. The van der Waals surface area contributed by atoms with Gasteiger partial charge < -0.3 is 20.1 Å². The minimum atomic E-state index is -0.0906. The molecule has 0 bridgehead atoms. The first-order chi connectivity index (χ1) is 10.6. The lowest BCUT2D eigenvalue weighted by molar-refractivity contribution is -0.0107. The largest absolute Gasteiger partial charge is 0.396 e. The highest BCUT2D eigenvalue weighted by atomic mass is 16.5. The summed E-state index contributed by atoms with van der Waals surface area (Å²) in [6.45, 7) is 12.2. The Bertz CT molecular complexity index is 380. The van der Waals surface area contributed by atoms with Crippen LogP contribution in [0.5, 0.6) is 0 Å². The van der Waals surface area contributed by atoms with Gasteiger partial charge in [0.25, 0.3) is 0 Å². The Morgan fingerprint density at radius 2 is 2.00 bits per heavy atom. The SMILES string of the molecule is CCNC(=NCC1(CO)CCOCC1)N1CCC(C)(CC)C1. The van der Waals surface area contributed by atoms with Crippen LogP contribution in [-0.4, -0.2) is 62.0 Å². The second kappa shape index (κ2) is 7.64. The Morgan fingerprint density at radius 1 is 1.27 bits per heavy atom. The summed E-state index contributed by atoms with van der Waals surface area (Å²) in [6.07, 6.45) is 4.24. The van der Waals surface area contributed by atoms with Gasteiger partial charge in [-0.3, -0.25) is 4.99 Å². The fraction of sp³-hybridized carbons (Fsp3) is 0.941. The highest BCUT2D eigenvalue weighted by Crippen LogP contribution is 2.34. The molecule has 5 heteroatoms. The average Bonchev–Trinajstić information content (AvgIpc) is 2.95. The maximum atomic E-state index is 9.81. The quantitative estimate of drug-likeness (QED) is 0.601. The van der Waals surface area contributed by atoms with E-state index in [0.717, 1.165) is 51.6 Å². The number of likely N-dealkylation sites (tertiary alicyclic amines) is 1. The van der Waals surface area contributed by atoms with Crippen LogP contribution in [0.1, 0.15) is 46.5 Å². The zero-order valence-corrected chi connectivity index (χ0v) is 14.5. The van der Waals surface area contributed by atoms with Crippen LogP contribution in [0.3, 0.4) is 0 Å². The summed E-state index contributed by atoms with van der Waals surface area (Å²) in [6, 6.07) is 0. The van der Waals surface area contributed by atoms with Gasteiger partial charge in [-0.05, 0) is 38.0 Å². The van der Waals surface area contributed by atoms with Crippen molar-refractivity contribution in [2.75, 3.05) is 46.0 Å². The molecule has 2 aliphatic heterocycles. The van der Waals surface area contributed by atoms with Crippen molar-refractivity contribution in [2.45, 2.75) is 46.5 Å². The normalized spacial score (nSPS) is 28.9. The Morgan fingerprint density at radius 3 is 2.55 bits per heavy atom. The number of guanidine groups is 1. The third-order valence-electron chi connectivity index (χ3n) is 5.50. The highest BCUT2D eigenvalue weighted by Gasteiger charge is 2.35. The van der Waals surface area contributed by atoms with E-state index in [-0.39, 0.29) is 12.0 Å². The number of aliphatic hydroxyl groups is 1. The fourth-order valence-corrected chi connectivity index (χ4v) is 3.33. The number of hydrogen-bond donors (Lipinski definition) is 2. The van der Waals surface area contributed by atoms with E-state index < -0.39 is 0 Å². The molecule has 2 fully saturated rings. The first-order valence-corrected chi connectivity index (χ1v) is 8.78. The van der Waals surface area contributed by atoms with Crippen molar-refractivity contribution in [1.29, 1.82) is 0 Å². The van der Waals surface area contributed by atoms with E-state index >= 15 is 0 Å². The smallest absolute Gasteiger partial charge is 0.193 e. The molecular weight excluding hydrogens is 278 g/mol. The van der Waals surface area contributed by atoms with Crippen molar-refractivity contribution in [1.82, 2.24) is 10.2 Å². The number of hydrogen-bond acceptors (Lipinski definition) is 3. The summed E-state index contributed by atoms with van der Waals surface area (Å²) in [4.78, 5) is 7.26. The standard InChI is InChI=1S/C17H33N3O2/c1-4-16(3)6-9-20(13-16)15(18-5-2)19-12-17(14-21)7-10-22-11-8-17/h21H,4-14H2,1-3H3,(H,18,19). The van der Waals surface area contributed by atoms with Crippen LogP contribution in [0.25, 0.3) is 0 Å². The summed E-state index contributed by atoms with van der Waals surface area (Å²) < 4.78 is 5.44. The van der Waals surface area contributed by atoms with E-state index in [4.69, 9.17) is 9.73 Å². The van der Waals surface area contributed by atoms with Gasteiger partial charge in [0.1, 0.15) is 0 Å². The van der Waals surface area contributed by atoms with Gasteiger partial charge in [-0.25, -0.2) is 0 Å². The molecule has 2 saturated heterocycles. The lowest BCUT2D eigenvalue weighted by Crippen LogP contribution is -2.43. The molecule has 2 rings (SSSR count). The zero-order chi connectivity index (χ0) is 16.1. The summed E-state index contributed by atoms with van der Waals surface area (Å²) in [5.41, 5.74) is 0.316. The first-order valence-electron chi connectivity index (χ1n) is 8.78. The van der Waals surface area contributed by atoms with Gasteiger partial charge in [0.05, 0.1) is 13.2 Å². The van der Waals surface area contributed by atoms with Gasteiger partial charge in [-0.2, -0.15) is 0 Å². The van der Waals surface area contributed by atoms with Crippen LogP contribution in [-0.2, 0) is 4.74 Å². The molecule has 5 nitrogen and oxygen atoms in total. The van der Waals surface area contributed by atoms with Gasteiger partial charge in [-0.15, -0.1) is 0 Å². The van der Waals surface area contributed by atoms with Crippen molar-refractivity contribution in [3.63, 3.8) is 0 Å². The van der Waals surface area contributed by atoms with Crippen LogP contribution < -0.4 is 5.32 Å². The first kappa shape index (κ1) is 17.5. The van der Waals surface area contributed by atoms with Crippen molar-refractivity contribution >= 4 is 5.96 Å². The van der Waals surface area contributed by atoms with Gasteiger partial charge >= 0.3 is 0 Å². The minimum absolute atomic E-state index is 0.0906. The topological polar surface area (TPSA) is 57.1 Å². The third kappa shape index (κ3) is 4.13. The van der Waals surface area contributed by atoms with Crippen LogP contribution >= 0.6 is 0 Å². The Balaban J connectivity index is 2.04. The zero-order valence-electron chi connectivity index (χ0n) is 14.5. The Hall–Kier alpha value is -0.810. The summed E-state index contributed by atoms with van der Waals surface area (Å²) in [5.74, 6) is 1.01. The number of ether oxygens (including phenoxy) is 1. The van der Waals surface area contributed by atoms with Gasteiger partial charge in [-0.1, -0.05) is 13.8 Å². The second-order valence-electron chi connectivity index (χ2n) is 7.28. The van der Waals surface area contributed by atoms with Crippen molar-refractivity contribution in [3.05, 3.63) is 0 Å². The molecular formula is C17H33N3O2. The van der Waals surface area contributed by atoms with Crippen LogP contribution in [0.15, 0.2) is 4.99 Å². The van der Waals surface area contributed by atoms with Crippen molar-refractivity contribution in [2.24, 2.45) is 15.8 Å². The molecule has 0 amide bonds. The molecule has 0 aromatic rings. The maximum Gasteiger partial charge on any atom is 0.193 e. The predicted octanol–water partition coefficient (Wildman–Crippen LogP) is 1.86. The predicted molar refractivity (Wildman–Crippen MR) is 90.1 cm³/mol. The van der Waals surface area contributed by atoms with E-state index in [2.05, 4.69) is 31.0 Å². The van der Waals surface area contributed by atoms with E-state index in [1.165, 1.54) is 12.8 Å². The lowest BCUT2D eigenvalue weighted by atomic mass is 9.81. The molecule has 0 aliphatic carbocycles. The van der Waals surface area contributed by atoms with E-state index in [1.807, 2.05) is 0 Å². The molecule has 2 N–H and O–H groups in total. The second-order valence-corrected chi connectivity index (χ2v) is 7.28. The fourth-order valence-electron chi connectivity index (χ4n) is 3.33. The monoisotopic (exact) mass is 311 g/mol. The minimum Gasteiger partial charge on any atom is -0.396 e. The number of aliphatic imine (C=N–C) groups is 1. The van der Waals surface area contributed by atoms with E-state index in [1.54, 1.807) is 0 Å². The molecule has 0 radical (unpaired) electrons. The molecule has 128 valence electrons. The number of aliphatic hydroxyl groups excluding tert-OH is 1. The molecule has 2 aliphatic rings. The molecule has 1 atom stereocenters. The summed E-state index contributed by atoms with van der Waals surface area (Å²) in [7, 11) is 0.